The van der Waals surface area contributed by atoms with Gasteiger partial charge in [0.2, 0.25) is 0 Å². The van der Waals surface area contributed by atoms with E-state index in [0.717, 1.165) is 24.1 Å². The molecule has 3 nitrogen and oxygen atoms in total. The van der Waals surface area contributed by atoms with Gasteiger partial charge in [-0.25, -0.2) is 0 Å². The summed E-state index contributed by atoms with van der Waals surface area (Å²) >= 11 is 0. The van der Waals surface area contributed by atoms with Crippen molar-refractivity contribution in [3.63, 3.8) is 0 Å². The number of aryl methyl sites for hydroxylation is 1. The van der Waals surface area contributed by atoms with E-state index < -0.39 is 5.97 Å². The second-order valence-corrected chi connectivity index (χ2v) is 2.80. The van der Waals surface area contributed by atoms with Crippen molar-refractivity contribution in [1.82, 2.24) is 4.98 Å². The van der Waals surface area contributed by atoms with E-state index in [9.17, 15) is 4.79 Å². The minimum atomic E-state index is -0.783. The molecule has 1 aromatic heterocycles. The Bertz CT molecular complexity index is 265. The van der Waals surface area contributed by atoms with E-state index in [1.807, 2.05) is 6.07 Å². The second-order valence-electron chi connectivity index (χ2n) is 2.80. The van der Waals surface area contributed by atoms with Gasteiger partial charge in [-0.05, 0) is 18.1 Å². The van der Waals surface area contributed by atoms with Crippen molar-refractivity contribution in [3.05, 3.63) is 23.5 Å². The van der Waals surface area contributed by atoms with Crippen molar-refractivity contribution in [3.8, 4) is 0 Å². The summed E-state index contributed by atoms with van der Waals surface area (Å²) < 4.78 is 0. The third-order valence-corrected chi connectivity index (χ3v) is 1.78. The van der Waals surface area contributed by atoms with Crippen LogP contribution in [-0.4, -0.2) is 16.1 Å². The maximum atomic E-state index is 10.4. The largest absolute Gasteiger partial charge is 0.481 e. The first-order valence-electron chi connectivity index (χ1n) is 4.11. The highest BCUT2D eigenvalue weighted by Gasteiger charge is 2.06. The van der Waals surface area contributed by atoms with Crippen LogP contribution in [0.3, 0.4) is 0 Å². The van der Waals surface area contributed by atoms with E-state index in [2.05, 4.69) is 11.9 Å². The van der Waals surface area contributed by atoms with Crippen molar-refractivity contribution in [1.29, 1.82) is 0 Å². The van der Waals surface area contributed by atoms with E-state index in [1.165, 1.54) is 0 Å². The summed E-state index contributed by atoms with van der Waals surface area (Å²) in [5.74, 6) is -0.783. The van der Waals surface area contributed by atoms with Gasteiger partial charge in [0.05, 0.1) is 6.42 Å². The highest BCUT2D eigenvalue weighted by Crippen LogP contribution is 2.09. The Morgan fingerprint density at radius 1 is 1.67 bits per heavy atom. The average molecular weight is 167 g/mol. The number of carboxylic acids is 1. The van der Waals surface area contributed by atoms with Crippen LogP contribution in [0.15, 0.2) is 12.3 Å². The Balaban J connectivity index is 2.69. The first kappa shape index (κ1) is 8.84. The summed E-state index contributed by atoms with van der Waals surface area (Å²) in [6.45, 7) is 2.08. The minimum absolute atomic E-state index is 0.0995. The van der Waals surface area contributed by atoms with Crippen LogP contribution in [-0.2, 0) is 17.6 Å². The van der Waals surface area contributed by atoms with Gasteiger partial charge >= 0.3 is 5.97 Å². The van der Waals surface area contributed by atoms with E-state index in [0.29, 0.717) is 0 Å². The van der Waals surface area contributed by atoms with Crippen molar-refractivity contribution < 1.29 is 9.90 Å². The number of aliphatic carboxylic acids is 1. The molecule has 0 aliphatic rings. The van der Waals surface area contributed by atoms with Gasteiger partial charge in [-0.2, -0.15) is 0 Å². The minimum Gasteiger partial charge on any atom is -0.481 e. The van der Waals surface area contributed by atoms with Gasteiger partial charge < -0.3 is 10.1 Å². The normalized spacial score (nSPS) is 10.1. The molecule has 0 amide bonds. The van der Waals surface area contributed by atoms with Gasteiger partial charge in [-0.15, -0.1) is 0 Å². The molecular weight excluding hydrogens is 154 g/mol. The zero-order chi connectivity index (χ0) is 8.97. The SMILES string of the molecule is CCCc1cc[nH]c1CC(=O)O. The predicted octanol–water partition coefficient (Wildman–Crippen LogP) is 1.59. The van der Waals surface area contributed by atoms with Gasteiger partial charge in [0.15, 0.2) is 0 Å². The molecule has 0 aliphatic heterocycles. The summed E-state index contributed by atoms with van der Waals surface area (Å²) in [7, 11) is 0. The van der Waals surface area contributed by atoms with Gasteiger partial charge in [0.25, 0.3) is 0 Å². The Hall–Kier alpha value is -1.25. The maximum Gasteiger partial charge on any atom is 0.309 e. The lowest BCUT2D eigenvalue weighted by atomic mass is 10.1. The number of carbonyl (C=O) groups is 1. The monoisotopic (exact) mass is 167 g/mol. The first-order valence-corrected chi connectivity index (χ1v) is 4.11. The summed E-state index contributed by atoms with van der Waals surface area (Å²) in [6, 6.07) is 1.95. The molecule has 66 valence electrons. The number of aromatic amines is 1. The lowest BCUT2D eigenvalue weighted by Gasteiger charge is -1.98. The van der Waals surface area contributed by atoms with E-state index in [1.54, 1.807) is 6.20 Å². The molecular formula is C9H13NO2. The molecule has 0 unspecified atom stereocenters. The fourth-order valence-corrected chi connectivity index (χ4v) is 1.26. The molecule has 0 atom stereocenters. The van der Waals surface area contributed by atoms with Crippen molar-refractivity contribution >= 4 is 5.97 Å². The molecule has 3 heteroatoms. The quantitative estimate of drug-likeness (QED) is 0.715. The van der Waals surface area contributed by atoms with Crippen LogP contribution in [0.5, 0.6) is 0 Å². The van der Waals surface area contributed by atoms with Crippen molar-refractivity contribution in [2.24, 2.45) is 0 Å². The van der Waals surface area contributed by atoms with Crippen LogP contribution in [0.4, 0.5) is 0 Å². The van der Waals surface area contributed by atoms with Crippen LogP contribution >= 0.6 is 0 Å². The van der Waals surface area contributed by atoms with Gasteiger partial charge in [0.1, 0.15) is 0 Å². The second kappa shape index (κ2) is 3.95. The number of carboxylic acid groups (broad SMARTS) is 1. The molecule has 0 aliphatic carbocycles. The van der Waals surface area contributed by atoms with Crippen LogP contribution in [0.1, 0.15) is 24.6 Å². The summed E-state index contributed by atoms with van der Waals surface area (Å²) in [4.78, 5) is 13.3. The topological polar surface area (TPSA) is 53.1 Å². The first-order chi connectivity index (χ1) is 5.74. The van der Waals surface area contributed by atoms with Crippen LogP contribution in [0.2, 0.25) is 0 Å². The average Bonchev–Trinajstić information content (AvgIpc) is 2.37. The Labute approximate surface area is 71.4 Å². The highest BCUT2D eigenvalue weighted by molar-refractivity contribution is 5.70. The number of nitrogens with one attached hydrogen (secondary N) is 1. The van der Waals surface area contributed by atoms with E-state index >= 15 is 0 Å². The molecule has 1 aromatic rings. The number of hydrogen-bond donors (Lipinski definition) is 2. The number of H-pyrrole nitrogens is 1. The molecule has 0 fully saturated rings. The molecule has 0 spiro atoms. The third kappa shape index (κ3) is 2.12. The fourth-order valence-electron chi connectivity index (χ4n) is 1.26. The maximum absolute atomic E-state index is 10.4. The molecule has 0 saturated heterocycles. The predicted molar refractivity (Wildman–Crippen MR) is 46.1 cm³/mol. The van der Waals surface area contributed by atoms with Crippen LogP contribution in [0.25, 0.3) is 0 Å². The van der Waals surface area contributed by atoms with Crippen molar-refractivity contribution in [2.45, 2.75) is 26.2 Å². The number of rotatable bonds is 4. The summed E-state index contributed by atoms with van der Waals surface area (Å²) in [6.07, 6.45) is 3.89. The standard InChI is InChI=1S/C9H13NO2/c1-2-3-7-4-5-10-8(7)6-9(11)12/h4-5,10H,2-3,6H2,1H3,(H,11,12). The molecule has 1 heterocycles. The molecule has 0 bridgehead atoms. The summed E-state index contributed by atoms with van der Waals surface area (Å²) in [5.41, 5.74) is 1.96. The van der Waals surface area contributed by atoms with Gasteiger partial charge in [-0.3, -0.25) is 4.79 Å². The molecule has 0 saturated carbocycles. The van der Waals surface area contributed by atoms with Crippen LogP contribution in [0, 0.1) is 0 Å². The Morgan fingerprint density at radius 2 is 2.42 bits per heavy atom. The Kier molecular flexibility index (Phi) is 2.91. The number of hydrogen-bond acceptors (Lipinski definition) is 1. The molecule has 12 heavy (non-hydrogen) atoms. The zero-order valence-electron chi connectivity index (χ0n) is 7.13. The van der Waals surface area contributed by atoms with Crippen LogP contribution < -0.4 is 0 Å². The third-order valence-electron chi connectivity index (χ3n) is 1.78. The van der Waals surface area contributed by atoms with E-state index in [4.69, 9.17) is 5.11 Å². The molecule has 0 radical (unpaired) electrons. The Morgan fingerprint density at radius 3 is 3.00 bits per heavy atom. The van der Waals surface area contributed by atoms with E-state index in [-0.39, 0.29) is 6.42 Å². The van der Waals surface area contributed by atoms with Gasteiger partial charge in [0, 0.05) is 11.9 Å². The summed E-state index contributed by atoms with van der Waals surface area (Å²) in [5, 5.41) is 8.56. The smallest absolute Gasteiger partial charge is 0.309 e. The fraction of sp³-hybridized carbons (Fsp3) is 0.444. The lowest BCUT2D eigenvalue weighted by Crippen LogP contribution is -2.02. The molecule has 0 aromatic carbocycles. The zero-order valence-corrected chi connectivity index (χ0v) is 7.13. The molecule has 2 N–H and O–H groups in total. The van der Waals surface area contributed by atoms with Crippen molar-refractivity contribution in [2.75, 3.05) is 0 Å². The molecule has 1 rings (SSSR count). The number of aromatic nitrogens is 1. The van der Waals surface area contributed by atoms with Gasteiger partial charge in [-0.1, -0.05) is 13.3 Å². The highest BCUT2D eigenvalue weighted by atomic mass is 16.4. The lowest BCUT2D eigenvalue weighted by molar-refractivity contribution is -0.136.